The summed E-state index contributed by atoms with van der Waals surface area (Å²) in [6.07, 6.45) is 2.89. The zero-order valence-electron chi connectivity index (χ0n) is 13.4. The minimum Gasteiger partial charge on any atom is -0.438 e. The second-order valence-corrected chi connectivity index (χ2v) is 5.40. The monoisotopic (exact) mass is 284 g/mol. The quantitative estimate of drug-likeness (QED) is 0.803. The van der Waals surface area contributed by atoms with E-state index >= 15 is 0 Å². The molecule has 21 heavy (non-hydrogen) atoms. The fraction of sp³-hybridized carbons (Fsp3) is 0.389. The topological polar surface area (TPSA) is 34.2 Å². The van der Waals surface area contributed by atoms with E-state index in [9.17, 15) is 0 Å². The molecule has 0 atom stereocenters. The molecule has 112 valence electrons. The number of nitrogens with zero attached hydrogens (tertiary/aromatic N) is 1. The molecule has 0 aliphatic heterocycles. The van der Waals surface area contributed by atoms with Crippen molar-refractivity contribution in [2.75, 3.05) is 6.54 Å². The van der Waals surface area contributed by atoms with E-state index in [2.05, 4.69) is 56.2 Å². The maximum absolute atomic E-state index is 6.13. The molecule has 0 amide bonds. The van der Waals surface area contributed by atoms with Crippen LogP contribution in [0.1, 0.15) is 35.6 Å². The number of aromatic nitrogens is 1. The van der Waals surface area contributed by atoms with Crippen molar-refractivity contribution in [2.45, 2.75) is 40.7 Å². The molecule has 3 nitrogen and oxygen atoms in total. The van der Waals surface area contributed by atoms with Crippen LogP contribution >= 0.6 is 0 Å². The lowest BCUT2D eigenvalue weighted by atomic mass is 10.1. The Morgan fingerprint density at radius 2 is 1.86 bits per heavy atom. The van der Waals surface area contributed by atoms with Crippen molar-refractivity contribution in [3.63, 3.8) is 0 Å². The molecule has 0 bridgehead atoms. The van der Waals surface area contributed by atoms with E-state index in [0.29, 0.717) is 5.88 Å². The highest BCUT2D eigenvalue weighted by atomic mass is 16.5. The first-order valence-electron chi connectivity index (χ1n) is 7.52. The predicted molar refractivity (Wildman–Crippen MR) is 87.0 cm³/mol. The van der Waals surface area contributed by atoms with E-state index in [0.717, 1.165) is 36.4 Å². The van der Waals surface area contributed by atoms with Crippen LogP contribution in [-0.2, 0) is 6.54 Å². The van der Waals surface area contributed by atoms with Crippen LogP contribution in [0.25, 0.3) is 0 Å². The molecule has 1 heterocycles. The summed E-state index contributed by atoms with van der Waals surface area (Å²) in [6.45, 7) is 10.2. The van der Waals surface area contributed by atoms with Gasteiger partial charge in [0.05, 0.1) is 0 Å². The molecule has 2 rings (SSSR count). The second kappa shape index (κ2) is 7.23. The SMILES string of the molecule is CCCNCc1cccnc1Oc1c(C)ccc(C)c1C. The van der Waals surface area contributed by atoms with E-state index in [1.165, 1.54) is 11.1 Å². The summed E-state index contributed by atoms with van der Waals surface area (Å²) in [5.74, 6) is 1.61. The maximum atomic E-state index is 6.13. The van der Waals surface area contributed by atoms with Gasteiger partial charge in [-0.3, -0.25) is 0 Å². The number of nitrogens with one attached hydrogen (secondary N) is 1. The first-order chi connectivity index (χ1) is 10.1. The molecule has 0 saturated heterocycles. The highest BCUT2D eigenvalue weighted by Gasteiger charge is 2.11. The third kappa shape index (κ3) is 3.82. The highest BCUT2D eigenvalue weighted by Crippen LogP contribution is 2.31. The lowest BCUT2D eigenvalue weighted by Crippen LogP contribution is -2.14. The van der Waals surface area contributed by atoms with E-state index in [4.69, 9.17) is 4.74 Å². The van der Waals surface area contributed by atoms with Crippen molar-refractivity contribution in [1.82, 2.24) is 10.3 Å². The van der Waals surface area contributed by atoms with Crippen LogP contribution in [0, 0.1) is 20.8 Å². The molecule has 0 fully saturated rings. The van der Waals surface area contributed by atoms with Crippen LogP contribution < -0.4 is 10.1 Å². The van der Waals surface area contributed by atoms with Gasteiger partial charge in [-0.1, -0.05) is 25.1 Å². The van der Waals surface area contributed by atoms with Gasteiger partial charge in [-0.05, 0) is 56.5 Å². The second-order valence-electron chi connectivity index (χ2n) is 5.40. The van der Waals surface area contributed by atoms with Gasteiger partial charge in [0.1, 0.15) is 5.75 Å². The van der Waals surface area contributed by atoms with Crippen LogP contribution in [0.5, 0.6) is 11.6 Å². The van der Waals surface area contributed by atoms with Crippen LogP contribution in [0.3, 0.4) is 0 Å². The van der Waals surface area contributed by atoms with Crippen LogP contribution in [0.2, 0.25) is 0 Å². The average molecular weight is 284 g/mol. The number of rotatable bonds is 6. The van der Waals surface area contributed by atoms with Gasteiger partial charge in [0.25, 0.3) is 0 Å². The largest absolute Gasteiger partial charge is 0.438 e. The minimum absolute atomic E-state index is 0.693. The molecule has 2 aromatic rings. The Morgan fingerprint density at radius 1 is 1.10 bits per heavy atom. The molecule has 1 N–H and O–H groups in total. The third-order valence-electron chi connectivity index (χ3n) is 3.66. The molecule has 0 aliphatic carbocycles. The van der Waals surface area contributed by atoms with Gasteiger partial charge >= 0.3 is 0 Å². The van der Waals surface area contributed by atoms with Crippen molar-refractivity contribution in [3.8, 4) is 11.6 Å². The fourth-order valence-electron chi connectivity index (χ4n) is 2.23. The zero-order valence-corrected chi connectivity index (χ0v) is 13.4. The van der Waals surface area contributed by atoms with Crippen LogP contribution in [0.4, 0.5) is 0 Å². The molecule has 0 spiro atoms. The third-order valence-corrected chi connectivity index (χ3v) is 3.66. The first-order valence-corrected chi connectivity index (χ1v) is 7.52. The number of benzene rings is 1. The van der Waals surface area contributed by atoms with Gasteiger partial charge in [0, 0.05) is 18.3 Å². The summed E-state index contributed by atoms with van der Waals surface area (Å²) in [5, 5.41) is 3.40. The Labute approximate surface area is 127 Å². The molecule has 0 aliphatic rings. The average Bonchev–Trinajstić information content (AvgIpc) is 2.49. The Kier molecular flexibility index (Phi) is 5.34. The molecular formula is C18H24N2O. The fourth-order valence-corrected chi connectivity index (χ4v) is 2.23. The van der Waals surface area contributed by atoms with Crippen LogP contribution in [0.15, 0.2) is 30.5 Å². The summed E-state index contributed by atoms with van der Waals surface area (Å²) >= 11 is 0. The zero-order chi connectivity index (χ0) is 15.2. The van der Waals surface area contributed by atoms with Gasteiger partial charge < -0.3 is 10.1 Å². The molecular weight excluding hydrogens is 260 g/mol. The van der Waals surface area contributed by atoms with Gasteiger partial charge in [0.2, 0.25) is 5.88 Å². The first kappa shape index (κ1) is 15.5. The molecule has 3 heteroatoms. The van der Waals surface area contributed by atoms with Gasteiger partial charge in [-0.25, -0.2) is 4.98 Å². The van der Waals surface area contributed by atoms with Crippen molar-refractivity contribution in [3.05, 3.63) is 52.7 Å². The molecule has 1 aromatic heterocycles. The predicted octanol–water partition coefficient (Wildman–Crippen LogP) is 4.30. The summed E-state index contributed by atoms with van der Waals surface area (Å²) in [5.41, 5.74) is 4.63. The maximum Gasteiger partial charge on any atom is 0.223 e. The van der Waals surface area contributed by atoms with Gasteiger partial charge in [-0.2, -0.15) is 0 Å². The highest BCUT2D eigenvalue weighted by molar-refractivity contribution is 5.46. The van der Waals surface area contributed by atoms with E-state index in [-0.39, 0.29) is 0 Å². The number of aryl methyl sites for hydroxylation is 2. The van der Waals surface area contributed by atoms with E-state index in [1.54, 1.807) is 6.20 Å². The molecule has 0 saturated carbocycles. The molecule has 1 aromatic carbocycles. The van der Waals surface area contributed by atoms with Gasteiger partial charge in [0.15, 0.2) is 0 Å². The van der Waals surface area contributed by atoms with Crippen molar-refractivity contribution in [2.24, 2.45) is 0 Å². The van der Waals surface area contributed by atoms with Crippen molar-refractivity contribution in [1.29, 1.82) is 0 Å². The Hall–Kier alpha value is -1.87. The number of hydrogen-bond acceptors (Lipinski definition) is 3. The normalized spacial score (nSPS) is 10.7. The van der Waals surface area contributed by atoms with Gasteiger partial charge in [-0.15, -0.1) is 0 Å². The molecule has 0 unspecified atom stereocenters. The van der Waals surface area contributed by atoms with Crippen molar-refractivity contribution < 1.29 is 4.74 Å². The number of ether oxygens (including phenoxy) is 1. The Balaban J connectivity index is 2.26. The Morgan fingerprint density at radius 3 is 2.62 bits per heavy atom. The minimum atomic E-state index is 0.693. The number of hydrogen-bond donors (Lipinski definition) is 1. The lowest BCUT2D eigenvalue weighted by molar-refractivity contribution is 0.446. The molecule has 0 radical (unpaired) electrons. The smallest absolute Gasteiger partial charge is 0.223 e. The van der Waals surface area contributed by atoms with E-state index in [1.807, 2.05) is 6.07 Å². The summed E-state index contributed by atoms with van der Waals surface area (Å²) in [6, 6.07) is 8.23. The summed E-state index contributed by atoms with van der Waals surface area (Å²) in [7, 11) is 0. The summed E-state index contributed by atoms with van der Waals surface area (Å²) in [4.78, 5) is 4.40. The number of pyridine rings is 1. The summed E-state index contributed by atoms with van der Waals surface area (Å²) < 4.78 is 6.13. The standard InChI is InChI=1S/C18H24N2O/c1-5-10-19-12-16-7-6-11-20-18(16)21-17-14(3)9-8-13(2)15(17)4/h6-9,11,19H,5,10,12H2,1-4H3. The van der Waals surface area contributed by atoms with Crippen LogP contribution in [-0.4, -0.2) is 11.5 Å². The lowest BCUT2D eigenvalue weighted by Gasteiger charge is -2.15. The van der Waals surface area contributed by atoms with E-state index < -0.39 is 0 Å². The Bertz CT molecular complexity index is 608. The van der Waals surface area contributed by atoms with Crippen molar-refractivity contribution >= 4 is 0 Å².